The van der Waals surface area contributed by atoms with E-state index in [1.165, 1.54) is 28.2 Å². The molecule has 9 N–H and O–H groups in total. The molecule has 4 aliphatic heterocycles. The van der Waals surface area contributed by atoms with Gasteiger partial charge in [0, 0.05) is 28.2 Å². The summed E-state index contributed by atoms with van der Waals surface area (Å²) >= 11 is 3.28. The van der Waals surface area contributed by atoms with E-state index >= 15 is 0 Å². The lowest BCUT2D eigenvalue weighted by Gasteiger charge is -2.49. The molecule has 274 valence electrons. The molecule has 0 aliphatic carbocycles. The molecule has 52 heavy (non-hydrogen) atoms. The second-order valence-electron chi connectivity index (χ2n) is 10.9. The number of anilines is 1. The molecule has 6 rings (SSSR count). The topological polar surface area (TPSA) is 310 Å². The van der Waals surface area contributed by atoms with Crippen LogP contribution in [-0.2, 0) is 36.1 Å². The normalized spacial score (nSPS) is 20.0. The van der Waals surface area contributed by atoms with Crippen LogP contribution in [0.5, 0.6) is 11.5 Å². The predicted octanol–water partition coefficient (Wildman–Crippen LogP) is 0.182. The van der Waals surface area contributed by atoms with Gasteiger partial charge in [0.25, 0.3) is 11.8 Å². The van der Waals surface area contributed by atoms with E-state index in [9.17, 15) is 52.6 Å². The summed E-state index contributed by atoms with van der Waals surface area (Å²) in [4.78, 5) is 65.5. The zero-order valence-corrected chi connectivity index (χ0v) is 29.4. The Balaban J connectivity index is 1.17. The molecule has 1 aromatic carbocycles. The lowest BCUT2D eigenvalue weighted by Crippen LogP contribution is -2.71. The Morgan fingerprint density at radius 1 is 1.23 bits per heavy atom. The van der Waals surface area contributed by atoms with Crippen molar-refractivity contribution in [3.05, 3.63) is 68.7 Å². The highest BCUT2D eigenvalue weighted by Crippen LogP contribution is 2.42. The number of oxime groups is 1. The Hall–Kier alpha value is -5.34. The molecule has 2 amide bonds. The third kappa shape index (κ3) is 6.95. The molecular formula is C27H25N9O12S4. The van der Waals surface area contributed by atoms with Crippen LogP contribution in [0.3, 0.4) is 0 Å². The number of benzene rings is 1. The van der Waals surface area contributed by atoms with Gasteiger partial charge in [0.2, 0.25) is 0 Å². The van der Waals surface area contributed by atoms with Gasteiger partial charge in [-0.25, -0.2) is 24.6 Å². The van der Waals surface area contributed by atoms with Crippen molar-refractivity contribution in [1.29, 1.82) is 0 Å². The Kier molecular flexibility index (Phi) is 9.81. The van der Waals surface area contributed by atoms with Gasteiger partial charge >= 0.3 is 22.2 Å². The summed E-state index contributed by atoms with van der Waals surface area (Å²) in [6.07, 6.45) is 2.67. The van der Waals surface area contributed by atoms with Crippen LogP contribution in [0.15, 0.2) is 62.1 Å². The minimum atomic E-state index is -4.65. The summed E-state index contributed by atoms with van der Waals surface area (Å²) in [7, 11) is -4.65. The van der Waals surface area contributed by atoms with Gasteiger partial charge in [-0.15, -0.1) is 40.4 Å². The molecular weight excluding hydrogens is 771 g/mol. The van der Waals surface area contributed by atoms with Crippen LogP contribution in [-0.4, -0.2) is 111 Å². The number of hydrazine groups is 2. The van der Waals surface area contributed by atoms with Gasteiger partial charge in [0.05, 0.1) is 11.2 Å². The van der Waals surface area contributed by atoms with E-state index in [1.54, 1.807) is 13.0 Å². The smallest absolute Gasteiger partial charge is 0.374 e. The van der Waals surface area contributed by atoms with Gasteiger partial charge in [0.15, 0.2) is 28.2 Å². The highest BCUT2D eigenvalue weighted by Gasteiger charge is 2.54. The number of nitrogens with two attached hydrogens (primary N) is 1. The number of aliphatic carboxylic acids is 1. The van der Waals surface area contributed by atoms with E-state index in [0.29, 0.717) is 20.7 Å². The van der Waals surface area contributed by atoms with Gasteiger partial charge in [-0.2, -0.15) is 12.8 Å². The highest BCUT2D eigenvalue weighted by molar-refractivity contribution is 8.03. The second-order valence-corrected chi connectivity index (χ2v) is 15.2. The summed E-state index contributed by atoms with van der Waals surface area (Å²) in [5.41, 5.74) is 7.56. The van der Waals surface area contributed by atoms with E-state index in [1.807, 2.05) is 0 Å². The zero-order chi connectivity index (χ0) is 37.6. The number of rotatable bonds is 12. The number of carboxylic acids is 2. The first-order valence-electron chi connectivity index (χ1n) is 14.4. The van der Waals surface area contributed by atoms with Crippen LogP contribution in [0.25, 0.3) is 0 Å². The largest absolute Gasteiger partial charge is 0.504 e. The number of aromatic hydroxyl groups is 2. The quantitative estimate of drug-likeness (QED) is 0.0467. The number of amides is 2. The Bertz CT molecular complexity index is 2180. The average molecular weight is 796 g/mol. The van der Waals surface area contributed by atoms with E-state index in [4.69, 9.17) is 10.6 Å². The average Bonchev–Trinajstić information content (AvgIpc) is 3.71. The van der Waals surface area contributed by atoms with Crippen molar-refractivity contribution >= 4 is 85.5 Å². The van der Waals surface area contributed by atoms with Crippen LogP contribution in [0.1, 0.15) is 28.5 Å². The molecule has 5 heterocycles. The molecule has 4 aliphatic rings. The van der Waals surface area contributed by atoms with Crippen molar-refractivity contribution < 1.29 is 57.4 Å². The fourth-order valence-corrected chi connectivity index (χ4v) is 8.69. The summed E-state index contributed by atoms with van der Waals surface area (Å²) in [6, 6.07) is 1.02. The van der Waals surface area contributed by atoms with Crippen LogP contribution >= 0.6 is 34.9 Å². The van der Waals surface area contributed by atoms with Gasteiger partial charge < -0.3 is 36.3 Å². The number of aliphatic imine (C=N–C) groups is 1. The Morgan fingerprint density at radius 3 is 2.63 bits per heavy atom. The molecule has 1 aromatic heterocycles. The molecule has 1 fully saturated rings. The molecule has 0 unspecified atom stereocenters. The van der Waals surface area contributed by atoms with Crippen LogP contribution in [0.4, 0.5) is 5.13 Å². The number of fused-ring (bicyclic) bond motifs is 2. The number of thiazole rings is 1. The zero-order valence-electron chi connectivity index (χ0n) is 26.2. The second kappa shape index (κ2) is 14.0. The maximum absolute atomic E-state index is 13.5. The van der Waals surface area contributed by atoms with Crippen LogP contribution < -0.4 is 16.6 Å². The number of aromatic nitrogens is 1. The van der Waals surface area contributed by atoms with Crippen molar-refractivity contribution in [3.63, 3.8) is 0 Å². The molecule has 0 spiro atoms. The number of allylic oxidation sites excluding steroid dienone is 1. The summed E-state index contributed by atoms with van der Waals surface area (Å²) in [6.45, 7) is 1.09. The Labute approximate surface area is 304 Å². The number of aromatic carboxylic acids is 1. The molecule has 1 saturated heterocycles. The molecule has 0 saturated carbocycles. The third-order valence-corrected chi connectivity index (χ3v) is 11.3. The predicted molar refractivity (Wildman–Crippen MR) is 184 cm³/mol. The fourth-order valence-electron chi connectivity index (χ4n) is 5.18. The number of hydrogen-bond donors (Lipinski definition) is 8. The molecule has 21 nitrogen and oxygen atoms in total. The first-order valence-corrected chi connectivity index (χ1v) is 18.7. The van der Waals surface area contributed by atoms with Crippen molar-refractivity contribution in [2.75, 3.05) is 17.2 Å². The van der Waals surface area contributed by atoms with E-state index in [-0.39, 0.29) is 39.4 Å². The molecule has 25 heteroatoms. The third-order valence-electron chi connectivity index (χ3n) is 7.50. The lowest BCUT2D eigenvalue weighted by molar-refractivity contribution is -0.150. The van der Waals surface area contributed by atoms with Crippen molar-refractivity contribution in [3.8, 4) is 11.5 Å². The summed E-state index contributed by atoms with van der Waals surface area (Å²) in [5.74, 6) is -5.84. The SMILES string of the molecule is CC1=NC2=CN(S(=O)(=O)O)NN2C(SCC2=C(C(=O)O)N3C(=O)[C@@H](NC(=O)/C(=N\OCc4ccc(O)c(O)c4C(=O)O)c4csc(N)n4)[C@H]3SC2)=C1. The molecule has 0 bridgehead atoms. The summed E-state index contributed by atoms with van der Waals surface area (Å²) < 4.78 is 33.1. The standard InChI is InChI=1S/C27H25N9O12S4/c1-10-4-16(36-15(29-10)5-34(33-36)52(45,46)47)49-7-12-8-50-24-19(23(40)35(24)20(12)26(43)44)31-22(39)18(13-9-51-27(28)30-13)32-48-6-11-2-3-14(37)21(38)17(11)25(41)42/h2-5,9,19,24,33,37-38H,6-8H2,1H3,(H2,28,30)(H,31,39)(H,41,42)(H,43,44)(H,45,46,47)/b32-18-/t19-,24-/m1/s1. The van der Waals surface area contributed by atoms with Crippen LogP contribution in [0, 0.1) is 0 Å². The van der Waals surface area contributed by atoms with Crippen LogP contribution in [0.2, 0.25) is 0 Å². The number of thioether (sulfide) groups is 2. The fraction of sp³-hybridized carbons (Fsp3) is 0.222. The maximum atomic E-state index is 13.5. The van der Waals surface area contributed by atoms with Crippen molar-refractivity contribution in [1.82, 2.24) is 30.2 Å². The number of nitrogens with zero attached hydrogens (tertiary/aromatic N) is 6. The molecule has 2 aromatic rings. The van der Waals surface area contributed by atoms with E-state index in [2.05, 4.69) is 26.0 Å². The number of phenolic OH excluding ortho intramolecular Hbond substituents is 1. The summed E-state index contributed by atoms with van der Waals surface area (Å²) in [5, 5.41) is 47.9. The maximum Gasteiger partial charge on any atom is 0.374 e. The number of nitrogens with one attached hydrogen (secondary N) is 2. The number of carbonyl (C=O) groups is 4. The van der Waals surface area contributed by atoms with Crippen molar-refractivity contribution in [2.45, 2.75) is 24.9 Å². The lowest BCUT2D eigenvalue weighted by atomic mass is 10.0. The number of carbonyl (C=O) groups excluding carboxylic acids is 2. The Morgan fingerprint density at radius 2 is 1.98 bits per heavy atom. The van der Waals surface area contributed by atoms with Gasteiger partial charge in [-0.1, -0.05) is 11.2 Å². The number of carboxylic acid groups (broad SMARTS) is 2. The highest BCUT2D eigenvalue weighted by atomic mass is 32.2. The monoisotopic (exact) mass is 795 g/mol. The molecule has 2 atom stereocenters. The number of nitrogen functional groups attached to an aromatic ring is 1. The number of hydrogen-bond acceptors (Lipinski definition) is 18. The minimum Gasteiger partial charge on any atom is -0.504 e. The molecule has 0 radical (unpaired) electrons. The number of phenols is 2. The van der Waals surface area contributed by atoms with Gasteiger partial charge in [-0.3, -0.25) is 19.0 Å². The van der Waals surface area contributed by atoms with Gasteiger partial charge in [-0.05, 0) is 24.6 Å². The van der Waals surface area contributed by atoms with E-state index < -0.39 is 74.9 Å². The first kappa shape index (κ1) is 36.5. The number of β-lactam (4-membered cyclic amide) rings is 1. The van der Waals surface area contributed by atoms with Gasteiger partial charge in [0.1, 0.15) is 35.0 Å². The van der Waals surface area contributed by atoms with Crippen molar-refractivity contribution in [2.24, 2.45) is 10.1 Å². The van der Waals surface area contributed by atoms with E-state index in [0.717, 1.165) is 40.3 Å². The minimum absolute atomic E-state index is 0.0418. The first-order chi connectivity index (χ1) is 24.5.